The minimum Gasteiger partial charge on any atom is -0.399 e. The van der Waals surface area contributed by atoms with Crippen molar-refractivity contribution in [3.63, 3.8) is 0 Å². The SMILES string of the molecule is COC[C@](C)(NC(=O)Oc1ccc(Cl)s1)C(=O)Nc1ccc(N2CCOCC2=O)c(C)c1. The molecule has 1 saturated heterocycles. The van der Waals surface area contributed by atoms with Gasteiger partial charge in [0.1, 0.15) is 12.1 Å². The van der Waals surface area contributed by atoms with Gasteiger partial charge in [-0.3, -0.25) is 9.59 Å². The van der Waals surface area contributed by atoms with Crippen LogP contribution in [0.5, 0.6) is 5.06 Å². The molecule has 32 heavy (non-hydrogen) atoms. The smallest absolute Gasteiger partial charge is 0.399 e. The third-order valence-corrected chi connectivity index (χ3v) is 5.89. The van der Waals surface area contributed by atoms with Crippen LogP contribution in [0.1, 0.15) is 12.5 Å². The van der Waals surface area contributed by atoms with Crippen LogP contribution in [0.4, 0.5) is 16.2 Å². The summed E-state index contributed by atoms with van der Waals surface area (Å²) < 4.78 is 16.0. The molecular formula is C21H24ClN3O6S. The summed E-state index contributed by atoms with van der Waals surface area (Å²) in [5, 5.41) is 5.64. The highest BCUT2D eigenvalue weighted by atomic mass is 35.5. The summed E-state index contributed by atoms with van der Waals surface area (Å²) in [6.45, 7) is 4.29. The maximum Gasteiger partial charge on any atom is 0.414 e. The molecule has 0 saturated carbocycles. The van der Waals surface area contributed by atoms with Crippen LogP contribution in [0.15, 0.2) is 30.3 Å². The minimum atomic E-state index is -1.40. The fraction of sp³-hybridized carbons (Fsp3) is 0.381. The summed E-state index contributed by atoms with van der Waals surface area (Å²) in [7, 11) is 1.43. The minimum absolute atomic E-state index is 0.0484. The predicted molar refractivity (Wildman–Crippen MR) is 122 cm³/mol. The van der Waals surface area contributed by atoms with Crippen LogP contribution in [0.2, 0.25) is 4.34 Å². The van der Waals surface area contributed by atoms with Gasteiger partial charge >= 0.3 is 6.09 Å². The van der Waals surface area contributed by atoms with E-state index in [0.29, 0.717) is 28.2 Å². The van der Waals surface area contributed by atoms with Crippen LogP contribution >= 0.6 is 22.9 Å². The Hall–Kier alpha value is -2.66. The number of methoxy groups -OCH3 is 1. The summed E-state index contributed by atoms with van der Waals surface area (Å²) >= 11 is 6.94. The van der Waals surface area contributed by atoms with Gasteiger partial charge in [-0.25, -0.2) is 4.79 Å². The number of hydrogen-bond donors (Lipinski definition) is 2. The van der Waals surface area contributed by atoms with E-state index in [9.17, 15) is 14.4 Å². The Balaban J connectivity index is 1.69. The fourth-order valence-electron chi connectivity index (χ4n) is 3.22. The second-order valence-electron chi connectivity index (χ2n) is 7.39. The van der Waals surface area contributed by atoms with Gasteiger partial charge in [0.15, 0.2) is 5.06 Å². The lowest BCUT2D eigenvalue weighted by molar-refractivity contribution is -0.125. The van der Waals surface area contributed by atoms with E-state index in [1.807, 2.05) is 6.92 Å². The molecule has 1 aliphatic heterocycles. The molecule has 1 aromatic heterocycles. The Kier molecular flexibility index (Phi) is 7.73. The van der Waals surface area contributed by atoms with Crippen molar-refractivity contribution in [2.45, 2.75) is 19.4 Å². The number of thiophene rings is 1. The summed E-state index contributed by atoms with van der Waals surface area (Å²) in [6.07, 6.45) is -0.810. The van der Waals surface area contributed by atoms with E-state index in [-0.39, 0.29) is 19.1 Å². The van der Waals surface area contributed by atoms with Gasteiger partial charge in [-0.1, -0.05) is 22.9 Å². The second-order valence-corrected chi connectivity index (χ2v) is 9.07. The van der Waals surface area contributed by atoms with E-state index in [4.69, 9.17) is 25.8 Å². The Morgan fingerprint density at radius 3 is 2.72 bits per heavy atom. The van der Waals surface area contributed by atoms with Crippen molar-refractivity contribution in [2.24, 2.45) is 0 Å². The average molecular weight is 482 g/mol. The maximum absolute atomic E-state index is 13.0. The Morgan fingerprint density at radius 2 is 2.09 bits per heavy atom. The molecule has 1 aromatic carbocycles. The number of halogens is 1. The zero-order chi connectivity index (χ0) is 23.3. The fourth-order valence-corrected chi connectivity index (χ4v) is 4.09. The van der Waals surface area contributed by atoms with Crippen LogP contribution in [0.25, 0.3) is 0 Å². The number of rotatable bonds is 7. The highest BCUT2D eigenvalue weighted by Gasteiger charge is 2.36. The molecule has 9 nitrogen and oxygen atoms in total. The molecule has 1 atom stereocenters. The third-order valence-electron chi connectivity index (χ3n) is 4.79. The number of hydrogen-bond acceptors (Lipinski definition) is 7. The van der Waals surface area contributed by atoms with E-state index in [1.165, 1.54) is 14.0 Å². The monoisotopic (exact) mass is 481 g/mol. The number of carbonyl (C=O) groups is 3. The van der Waals surface area contributed by atoms with Crippen molar-refractivity contribution in [1.82, 2.24) is 5.32 Å². The molecule has 0 aliphatic carbocycles. The van der Waals surface area contributed by atoms with Crippen molar-refractivity contribution in [2.75, 3.05) is 43.7 Å². The number of aryl methyl sites for hydroxylation is 1. The molecule has 1 fully saturated rings. The molecule has 172 valence electrons. The topological polar surface area (TPSA) is 106 Å². The van der Waals surface area contributed by atoms with Gasteiger partial charge in [0, 0.05) is 25.0 Å². The Labute approximate surface area is 194 Å². The Morgan fingerprint density at radius 1 is 1.31 bits per heavy atom. The van der Waals surface area contributed by atoms with Crippen molar-refractivity contribution in [1.29, 1.82) is 0 Å². The van der Waals surface area contributed by atoms with Crippen LogP contribution in [0.3, 0.4) is 0 Å². The predicted octanol–water partition coefficient (Wildman–Crippen LogP) is 3.21. The molecule has 3 amide bonds. The summed E-state index contributed by atoms with van der Waals surface area (Å²) in [5.41, 5.74) is 0.680. The molecule has 2 aromatic rings. The lowest BCUT2D eigenvalue weighted by atomic mass is 10.0. The van der Waals surface area contributed by atoms with E-state index < -0.39 is 17.5 Å². The molecule has 2 heterocycles. The number of nitrogens with one attached hydrogen (secondary N) is 2. The first kappa shape index (κ1) is 24.0. The average Bonchev–Trinajstić information content (AvgIpc) is 3.13. The molecule has 0 bridgehead atoms. The first-order chi connectivity index (χ1) is 15.2. The number of amides is 3. The normalized spacial score (nSPS) is 15.8. The van der Waals surface area contributed by atoms with E-state index >= 15 is 0 Å². The van der Waals surface area contributed by atoms with Crippen LogP contribution < -0.4 is 20.3 Å². The number of carbonyl (C=O) groups excluding carboxylic acids is 3. The van der Waals surface area contributed by atoms with Gasteiger partial charge < -0.3 is 29.7 Å². The molecule has 0 radical (unpaired) electrons. The molecule has 1 aliphatic rings. The van der Waals surface area contributed by atoms with Crippen molar-refractivity contribution < 1.29 is 28.6 Å². The second kappa shape index (κ2) is 10.3. The number of morpholine rings is 1. The van der Waals surface area contributed by atoms with Crippen molar-refractivity contribution >= 4 is 52.2 Å². The zero-order valence-corrected chi connectivity index (χ0v) is 19.5. The van der Waals surface area contributed by atoms with Gasteiger partial charge in [-0.2, -0.15) is 0 Å². The molecular weight excluding hydrogens is 458 g/mol. The van der Waals surface area contributed by atoms with Gasteiger partial charge in [-0.15, -0.1) is 0 Å². The number of ether oxygens (including phenoxy) is 3. The highest BCUT2D eigenvalue weighted by molar-refractivity contribution is 7.17. The molecule has 2 N–H and O–H groups in total. The molecule has 0 spiro atoms. The highest BCUT2D eigenvalue weighted by Crippen LogP contribution is 2.29. The first-order valence-electron chi connectivity index (χ1n) is 9.76. The lowest BCUT2D eigenvalue weighted by Gasteiger charge is -2.29. The van der Waals surface area contributed by atoms with Crippen molar-refractivity contribution in [3.8, 4) is 5.06 Å². The van der Waals surface area contributed by atoms with E-state index in [0.717, 1.165) is 22.6 Å². The standard InChI is InChI=1S/C21H24ClN3O6S/c1-13-10-14(4-5-15(13)25-8-9-30-11-17(25)26)23-19(27)21(2,12-29-3)24-20(28)31-18-7-6-16(22)32-18/h4-7,10H,8-9,11-12H2,1-3H3,(H,23,27)(H,24,28)/t21-/m0/s1. The van der Waals surface area contributed by atoms with E-state index in [2.05, 4.69) is 10.6 Å². The van der Waals surface area contributed by atoms with E-state index in [1.54, 1.807) is 35.2 Å². The zero-order valence-electron chi connectivity index (χ0n) is 17.9. The third kappa shape index (κ3) is 5.77. The summed E-state index contributed by atoms with van der Waals surface area (Å²) in [6, 6.07) is 8.39. The van der Waals surface area contributed by atoms with Gasteiger partial charge in [0.2, 0.25) is 0 Å². The molecule has 11 heteroatoms. The molecule has 0 unspecified atom stereocenters. The van der Waals surface area contributed by atoms with Gasteiger partial charge in [-0.05, 0) is 49.7 Å². The van der Waals surface area contributed by atoms with Crippen molar-refractivity contribution in [3.05, 3.63) is 40.2 Å². The summed E-state index contributed by atoms with van der Waals surface area (Å²) in [5.74, 6) is -0.603. The number of anilines is 2. The maximum atomic E-state index is 13.0. The van der Waals surface area contributed by atoms with Gasteiger partial charge in [0.05, 0.1) is 17.6 Å². The van der Waals surface area contributed by atoms with Crippen LogP contribution in [-0.2, 0) is 19.1 Å². The number of benzene rings is 1. The largest absolute Gasteiger partial charge is 0.414 e. The summed E-state index contributed by atoms with van der Waals surface area (Å²) in [4.78, 5) is 39.1. The quantitative estimate of drug-likeness (QED) is 0.629. The molecule has 3 rings (SSSR count). The van der Waals surface area contributed by atoms with Gasteiger partial charge in [0.25, 0.3) is 11.8 Å². The number of nitrogens with zero attached hydrogens (tertiary/aromatic N) is 1. The lowest BCUT2D eigenvalue weighted by Crippen LogP contribution is -2.58. The van der Waals surface area contributed by atoms with Crippen LogP contribution in [-0.4, -0.2) is 56.9 Å². The van der Waals surface area contributed by atoms with Crippen LogP contribution in [0, 0.1) is 6.92 Å². The first-order valence-corrected chi connectivity index (χ1v) is 11.0. The Bertz CT molecular complexity index is 1010.